The van der Waals surface area contributed by atoms with Crippen LogP contribution in [0.1, 0.15) is 71.8 Å². The van der Waals surface area contributed by atoms with E-state index < -0.39 is 103 Å². The van der Waals surface area contributed by atoms with Gasteiger partial charge in [0.25, 0.3) is 0 Å². The smallest absolute Gasteiger partial charge is 0.246 e. The number of rotatable bonds is 7. The van der Waals surface area contributed by atoms with E-state index in [2.05, 4.69) is 31.9 Å². The molecule has 0 bridgehead atoms. The first-order valence-electron chi connectivity index (χ1n) is 19.3. The Bertz CT molecular complexity index is 1620. The molecule has 3 saturated heterocycles. The number of nitrogens with one attached hydrogen (secondary N) is 6. The van der Waals surface area contributed by atoms with Crippen LogP contribution in [-0.2, 0) is 44.8 Å². The lowest BCUT2D eigenvalue weighted by Crippen LogP contribution is -2.60. The largest absolute Gasteiger partial charge is 0.508 e. The summed E-state index contributed by atoms with van der Waals surface area (Å²) in [4.78, 5) is 111. The zero-order chi connectivity index (χ0) is 41.1. The van der Waals surface area contributed by atoms with Crippen LogP contribution in [0.2, 0.25) is 0 Å². The maximum Gasteiger partial charge on any atom is 0.246 e. The van der Waals surface area contributed by atoms with Crippen molar-refractivity contribution in [3.05, 3.63) is 29.8 Å². The number of fused-ring (bicyclic) bond motifs is 2. The fourth-order valence-corrected chi connectivity index (χ4v) is 7.24. The molecule has 4 rings (SSSR count). The van der Waals surface area contributed by atoms with Crippen molar-refractivity contribution in [3.63, 3.8) is 0 Å². The molecule has 0 aromatic heterocycles. The number of carbonyl (C=O) groups excluding carboxylic acids is 8. The number of hydrogen-bond acceptors (Lipinski definition) is 10. The molecule has 8 amide bonds. The molecular weight excluding hydrogens is 728 g/mol. The van der Waals surface area contributed by atoms with E-state index in [0.29, 0.717) is 31.2 Å². The van der Waals surface area contributed by atoms with E-state index in [0.717, 1.165) is 0 Å². The third-order valence-corrected chi connectivity index (χ3v) is 10.0. The van der Waals surface area contributed by atoms with Gasteiger partial charge in [-0.3, -0.25) is 38.4 Å². The van der Waals surface area contributed by atoms with E-state index in [1.54, 1.807) is 12.1 Å². The van der Waals surface area contributed by atoms with Crippen LogP contribution >= 0.6 is 0 Å². The number of carbonyl (C=O) groups is 8. The molecule has 18 heteroatoms. The summed E-state index contributed by atoms with van der Waals surface area (Å²) < 4.78 is 0. The zero-order valence-electron chi connectivity index (χ0n) is 32.5. The average molecular weight is 785 g/mol. The normalized spacial score (nSPS) is 26.8. The van der Waals surface area contributed by atoms with E-state index in [4.69, 9.17) is 0 Å². The number of hydrogen-bond donors (Lipinski definition) is 8. The summed E-state index contributed by atoms with van der Waals surface area (Å²) in [5, 5.41) is 34.9. The van der Waals surface area contributed by atoms with Gasteiger partial charge in [-0.05, 0) is 68.1 Å². The van der Waals surface area contributed by atoms with Gasteiger partial charge in [0.1, 0.15) is 42.0 Å². The van der Waals surface area contributed by atoms with Crippen LogP contribution in [0.15, 0.2) is 24.3 Å². The van der Waals surface area contributed by atoms with Crippen LogP contribution in [0.5, 0.6) is 5.75 Å². The molecule has 0 spiro atoms. The molecule has 3 fully saturated rings. The lowest BCUT2D eigenvalue weighted by atomic mass is 10.00. The van der Waals surface area contributed by atoms with Gasteiger partial charge >= 0.3 is 0 Å². The third-order valence-electron chi connectivity index (χ3n) is 10.0. The maximum atomic E-state index is 14.3. The Morgan fingerprint density at radius 3 is 1.77 bits per heavy atom. The van der Waals surface area contributed by atoms with Crippen molar-refractivity contribution in [2.45, 2.75) is 109 Å². The first-order valence-corrected chi connectivity index (χ1v) is 19.3. The summed E-state index contributed by atoms with van der Waals surface area (Å²) in [6, 6.07) is -0.760. The van der Waals surface area contributed by atoms with Crippen molar-refractivity contribution < 1.29 is 48.6 Å². The summed E-state index contributed by atoms with van der Waals surface area (Å²) >= 11 is 0. The second kappa shape index (κ2) is 20.1. The molecule has 3 aliphatic heterocycles. The molecule has 56 heavy (non-hydrogen) atoms. The minimum absolute atomic E-state index is 0.00745. The minimum Gasteiger partial charge on any atom is -0.508 e. The first kappa shape index (κ1) is 43.5. The molecule has 8 N–H and O–H groups in total. The molecule has 1 aromatic carbocycles. The predicted octanol–water partition coefficient (Wildman–Crippen LogP) is -1.81. The number of aromatic hydroxyl groups is 1. The van der Waals surface area contributed by atoms with E-state index in [9.17, 15) is 48.6 Å². The molecule has 0 saturated carbocycles. The Morgan fingerprint density at radius 1 is 0.607 bits per heavy atom. The van der Waals surface area contributed by atoms with Crippen LogP contribution < -0.4 is 31.9 Å². The van der Waals surface area contributed by atoms with Crippen molar-refractivity contribution >= 4 is 47.3 Å². The van der Waals surface area contributed by atoms with Crippen molar-refractivity contribution in [1.29, 1.82) is 0 Å². The molecule has 308 valence electrons. The molecule has 0 radical (unpaired) electrons. The second-order valence-corrected chi connectivity index (χ2v) is 15.5. The molecular formula is C38H56N8O10. The minimum atomic E-state index is -1.48. The van der Waals surface area contributed by atoms with Crippen molar-refractivity contribution in [3.8, 4) is 5.75 Å². The van der Waals surface area contributed by atoms with Gasteiger partial charge in [0.05, 0.1) is 19.7 Å². The summed E-state index contributed by atoms with van der Waals surface area (Å²) in [5.74, 6) is -5.50. The number of nitrogens with zero attached hydrogens (tertiary/aromatic N) is 2. The summed E-state index contributed by atoms with van der Waals surface area (Å²) in [7, 11) is 0. The third kappa shape index (κ3) is 11.9. The lowest BCUT2D eigenvalue weighted by Gasteiger charge is -2.34. The van der Waals surface area contributed by atoms with Crippen molar-refractivity contribution in [1.82, 2.24) is 41.7 Å². The van der Waals surface area contributed by atoms with Gasteiger partial charge in [-0.15, -0.1) is 0 Å². The molecule has 0 aliphatic carbocycles. The summed E-state index contributed by atoms with van der Waals surface area (Å²) in [6.07, 6.45) is 2.02. The molecule has 18 nitrogen and oxygen atoms in total. The number of benzene rings is 1. The molecule has 1 aromatic rings. The van der Waals surface area contributed by atoms with Crippen LogP contribution in [0.3, 0.4) is 0 Å². The fourth-order valence-electron chi connectivity index (χ4n) is 7.24. The highest BCUT2D eigenvalue weighted by Gasteiger charge is 2.44. The van der Waals surface area contributed by atoms with Gasteiger partial charge < -0.3 is 51.9 Å². The topological polar surface area (TPSA) is 256 Å². The highest BCUT2D eigenvalue weighted by atomic mass is 16.3. The van der Waals surface area contributed by atoms with Gasteiger partial charge in [-0.2, -0.15) is 0 Å². The van der Waals surface area contributed by atoms with Crippen LogP contribution in [0.25, 0.3) is 0 Å². The zero-order valence-corrected chi connectivity index (χ0v) is 32.5. The Labute approximate surface area is 326 Å². The molecule has 6 atom stereocenters. The highest BCUT2D eigenvalue weighted by molar-refractivity contribution is 5.98. The van der Waals surface area contributed by atoms with Gasteiger partial charge in [-0.1, -0.05) is 39.8 Å². The lowest BCUT2D eigenvalue weighted by molar-refractivity contribution is -0.148. The quantitative estimate of drug-likeness (QED) is 0.154. The molecule has 0 unspecified atom stereocenters. The van der Waals surface area contributed by atoms with Crippen molar-refractivity contribution in [2.75, 3.05) is 32.8 Å². The predicted molar refractivity (Wildman–Crippen MR) is 201 cm³/mol. The van der Waals surface area contributed by atoms with E-state index in [1.807, 2.05) is 27.7 Å². The average Bonchev–Trinajstić information content (AvgIpc) is 3.85. The molecule has 3 aliphatic rings. The highest BCUT2D eigenvalue weighted by Crippen LogP contribution is 2.27. The number of aliphatic hydroxyl groups excluding tert-OH is 1. The maximum absolute atomic E-state index is 14.3. The SMILES string of the molecule is CC(C)C[C@@H]1NC(=O)[C@@H](Cc2ccc(O)cc2)NC(=O)CNC(=O)CNC(=O)[C@@H](CO)NC(=O)[C@@H](CC(C)C)NC(=O)[C@H]2CCCN2C(=O)[C@@H]2CCCN2C1=O. The van der Waals surface area contributed by atoms with Crippen LogP contribution in [0.4, 0.5) is 0 Å². The Morgan fingerprint density at radius 2 is 1.14 bits per heavy atom. The Kier molecular flexibility index (Phi) is 15.6. The summed E-state index contributed by atoms with van der Waals surface area (Å²) in [6.45, 7) is 5.89. The monoisotopic (exact) mass is 784 g/mol. The van der Waals surface area contributed by atoms with E-state index >= 15 is 0 Å². The standard InChI is InChI=1S/C38H56N8O10/c1-21(2)15-25-34(52)44-28(20-47)33(51)40-18-31(49)39-19-32(50)41-26(17-23-9-11-24(48)12-10-23)35(53)43-27(16-22(3)4)37(55)46-14-6-8-30(46)38(56)45-13-5-7-29(45)36(54)42-25/h9-12,21-22,25-30,47-48H,5-8,13-20H2,1-4H3,(H,39,49)(H,40,51)(H,41,50)(H,42,54)(H,43,53)(H,44,52)/t25-,26-,27+,28-,29-,30+/m1/s1. The Balaban J connectivity index is 1.66. The van der Waals surface area contributed by atoms with Gasteiger partial charge in [-0.25, -0.2) is 0 Å². The fraction of sp³-hybridized carbons (Fsp3) is 0.632. The molecule has 3 heterocycles. The van der Waals surface area contributed by atoms with Gasteiger partial charge in [0.15, 0.2) is 0 Å². The second-order valence-electron chi connectivity index (χ2n) is 15.5. The first-order chi connectivity index (χ1) is 26.6. The number of amides is 8. The van der Waals surface area contributed by atoms with Gasteiger partial charge in [0.2, 0.25) is 47.3 Å². The summed E-state index contributed by atoms with van der Waals surface area (Å²) in [5.41, 5.74) is 0.574. The van der Waals surface area contributed by atoms with E-state index in [-0.39, 0.29) is 49.9 Å². The van der Waals surface area contributed by atoms with E-state index in [1.165, 1.54) is 21.9 Å². The van der Waals surface area contributed by atoms with Crippen LogP contribution in [0, 0.1) is 11.8 Å². The number of aliphatic hydroxyl groups is 1. The Hall–Kier alpha value is -5.26. The van der Waals surface area contributed by atoms with Crippen LogP contribution in [-0.4, -0.2) is 136 Å². The number of phenolic OH excluding ortho intramolecular Hbond substituents is 1. The van der Waals surface area contributed by atoms with Gasteiger partial charge in [0, 0.05) is 19.5 Å². The number of phenols is 1. The van der Waals surface area contributed by atoms with Crippen molar-refractivity contribution in [2.24, 2.45) is 11.8 Å².